The Morgan fingerprint density at radius 2 is 0.806 bits per heavy atom. The molecule has 0 N–H and O–H groups in total. The second kappa shape index (κ2) is 14.8. The Kier molecular flexibility index (Phi) is 13.7. The van der Waals surface area contributed by atoms with Gasteiger partial charge >= 0.3 is 0 Å². The van der Waals surface area contributed by atoms with E-state index in [2.05, 4.69) is 108 Å². The number of hydrogen-bond acceptors (Lipinski definition) is 9. The van der Waals surface area contributed by atoms with Gasteiger partial charge in [-0.2, -0.15) is 108 Å². The summed E-state index contributed by atoms with van der Waals surface area (Å²) in [5.74, 6) is 15.5. The molecule has 0 unspecified atom stereocenters. The smallest absolute Gasteiger partial charge is 0.0189 e. The Morgan fingerprint density at radius 1 is 0.484 bits per heavy atom. The number of thiol groups is 3. The van der Waals surface area contributed by atoms with Gasteiger partial charge in [0.25, 0.3) is 0 Å². The van der Waals surface area contributed by atoms with Gasteiger partial charge in [-0.15, -0.1) is 0 Å². The third-order valence-electron chi connectivity index (χ3n) is 6.53. The molecule has 31 heavy (non-hydrogen) atoms. The van der Waals surface area contributed by atoms with Gasteiger partial charge in [0.1, 0.15) is 0 Å². The highest BCUT2D eigenvalue weighted by Crippen LogP contribution is 2.70. The molecule has 0 nitrogen and oxygen atoms in total. The first-order valence-electron chi connectivity index (χ1n) is 11.6. The SMILES string of the molecule is SCCSCCSC12CC3CC(SCCSCCS)(C1)CC(SCCSCCS)(C3)C2. The molecule has 0 spiro atoms. The summed E-state index contributed by atoms with van der Waals surface area (Å²) in [4.78, 5) is 0. The summed E-state index contributed by atoms with van der Waals surface area (Å²) in [5, 5.41) is 0. The third-order valence-corrected chi connectivity index (χ3v) is 16.3. The van der Waals surface area contributed by atoms with Crippen LogP contribution < -0.4 is 0 Å². The quantitative estimate of drug-likeness (QED) is 0.111. The fourth-order valence-electron chi connectivity index (χ4n) is 6.11. The molecule has 0 atom stereocenters. The van der Waals surface area contributed by atoms with Crippen LogP contribution in [0.3, 0.4) is 0 Å². The first-order chi connectivity index (χ1) is 15.1. The van der Waals surface area contributed by atoms with E-state index >= 15 is 0 Å². The van der Waals surface area contributed by atoms with Crippen LogP contribution in [0.15, 0.2) is 0 Å². The summed E-state index contributed by atoms with van der Waals surface area (Å²) >= 11 is 26.6. The Labute approximate surface area is 234 Å². The molecule has 0 aromatic rings. The minimum Gasteiger partial charge on any atom is -0.179 e. The van der Waals surface area contributed by atoms with Gasteiger partial charge in [-0.3, -0.25) is 0 Å². The van der Waals surface area contributed by atoms with Crippen LogP contribution in [-0.2, 0) is 0 Å². The highest BCUT2D eigenvalue weighted by Gasteiger charge is 2.63. The van der Waals surface area contributed by atoms with E-state index in [1.807, 2.05) is 0 Å². The molecule has 9 heteroatoms. The maximum Gasteiger partial charge on any atom is 0.0189 e. The highest BCUT2D eigenvalue weighted by atomic mass is 32.2. The zero-order valence-corrected chi connectivity index (χ0v) is 26.2. The van der Waals surface area contributed by atoms with Crippen molar-refractivity contribution in [2.75, 3.05) is 69.0 Å². The van der Waals surface area contributed by atoms with Gasteiger partial charge in [-0.05, 0) is 61.7 Å². The molecule has 182 valence electrons. The van der Waals surface area contributed by atoms with E-state index < -0.39 is 0 Å². The Bertz CT molecular complexity index is 438. The Morgan fingerprint density at radius 3 is 1.10 bits per heavy atom. The predicted octanol–water partition coefficient (Wildman–Crippen LogP) is 7.39. The maximum absolute atomic E-state index is 4.38. The summed E-state index contributed by atoms with van der Waals surface area (Å²) in [6.45, 7) is 0. The molecule has 0 aliphatic heterocycles. The Balaban J connectivity index is 1.61. The predicted molar refractivity (Wildman–Crippen MR) is 170 cm³/mol. The third kappa shape index (κ3) is 8.89. The van der Waals surface area contributed by atoms with Crippen LogP contribution in [0.1, 0.15) is 38.5 Å². The van der Waals surface area contributed by atoms with Crippen LogP contribution in [0.25, 0.3) is 0 Å². The first-order valence-corrected chi connectivity index (χ1v) is 19.9. The van der Waals surface area contributed by atoms with Crippen molar-refractivity contribution < 1.29 is 0 Å². The molecule has 4 bridgehead atoms. The van der Waals surface area contributed by atoms with Crippen LogP contribution in [-0.4, -0.2) is 83.3 Å². The van der Waals surface area contributed by atoms with E-state index in [0.717, 1.165) is 23.2 Å². The van der Waals surface area contributed by atoms with Gasteiger partial charge < -0.3 is 0 Å². The standard InChI is InChI=1S/C22H40S9/c23-1-4-26-7-10-29-20-13-19-14-21(16-20,30-11-8-27-5-2-24)18-22(15-19,17-20)31-12-9-28-6-3-25/h19,23-25H,1-18H2. The van der Waals surface area contributed by atoms with Crippen molar-refractivity contribution in [3.8, 4) is 0 Å². The van der Waals surface area contributed by atoms with Crippen molar-refractivity contribution >= 4 is 108 Å². The van der Waals surface area contributed by atoms with Crippen molar-refractivity contribution in [3.63, 3.8) is 0 Å². The van der Waals surface area contributed by atoms with E-state index in [-0.39, 0.29) is 0 Å². The average Bonchev–Trinajstić information content (AvgIpc) is 2.72. The molecule has 0 aromatic heterocycles. The lowest BCUT2D eigenvalue weighted by molar-refractivity contribution is 0.0774. The number of thioether (sulfide) groups is 6. The van der Waals surface area contributed by atoms with Crippen molar-refractivity contribution in [1.29, 1.82) is 0 Å². The molecule has 4 rings (SSSR count). The molecule has 0 aromatic carbocycles. The summed E-state index contributed by atoms with van der Waals surface area (Å²) < 4.78 is 1.70. The lowest BCUT2D eigenvalue weighted by atomic mass is 9.55. The van der Waals surface area contributed by atoms with E-state index in [1.54, 1.807) is 0 Å². The van der Waals surface area contributed by atoms with E-state index in [9.17, 15) is 0 Å². The lowest BCUT2D eigenvalue weighted by Crippen LogP contribution is -2.62. The fourth-order valence-corrected chi connectivity index (χ4v) is 15.6. The van der Waals surface area contributed by atoms with Crippen LogP contribution in [0.5, 0.6) is 0 Å². The summed E-state index contributed by atoms with van der Waals surface area (Å²) in [6, 6.07) is 0. The van der Waals surface area contributed by atoms with Crippen LogP contribution in [0.2, 0.25) is 0 Å². The van der Waals surface area contributed by atoms with E-state index in [0.29, 0.717) is 14.2 Å². The van der Waals surface area contributed by atoms with Crippen LogP contribution in [0.4, 0.5) is 0 Å². The first kappa shape index (κ1) is 28.7. The highest BCUT2D eigenvalue weighted by molar-refractivity contribution is 8.05. The van der Waals surface area contributed by atoms with Crippen molar-refractivity contribution in [2.24, 2.45) is 5.92 Å². The largest absolute Gasteiger partial charge is 0.179 e. The second-order valence-electron chi connectivity index (χ2n) is 9.11. The molecule has 0 saturated heterocycles. The van der Waals surface area contributed by atoms with Crippen LogP contribution >= 0.6 is 108 Å². The zero-order chi connectivity index (χ0) is 22.0. The summed E-state index contributed by atoms with van der Waals surface area (Å²) in [7, 11) is 0. The van der Waals surface area contributed by atoms with Gasteiger partial charge in [0.05, 0.1) is 0 Å². The molecule has 4 saturated carbocycles. The summed E-state index contributed by atoms with van der Waals surface area (Å²) in [6.07, 6.45) is 8.96. The van der Waals surface area contributed by atoms with E-state index in [1.165, 1.54) is 90.3 Å². The molecular formula is C22H40S9. The van der Waals surface area contributed by atoms with Gasteiger partial charge in [0, 0.05) is 66.0 Å². The van der Waals surface area contributed by atoms with Crippen molar-refractivity contribution in [3.05, 3.63) is 0 Å². The topological polar surface area (TPSA) is 0 Å². The molecule has 0 radical (unpaired) electrons. The van der Waals surface area contributed by atoms with Gasteiger partial charge in [0.2, 0.25) is 0 Å². The van der Waals surface area contributed by atoms with Gasteiger partial charge in [0.15, 0.2) is 0 Å². The lowest BCUT2D eigenvalue weighted by Gasteiger charge is -2.66. The molecule has 0 heterocycles. The number of rotatable bonds is 18. The molecular weight excluding hydrogens is 553 g/mol. The van der Waals surface area contributed by atoms with Crippen molar-refractivity contribution in [2.45, 2.75) is 52.8 Å². The average molecular weight is 593 g/mol. The monoisotopic (exact) mass is 592 g/mol. The summed E-state index contributed by atoms with van der Waals surface area (Å²) in [5.41, 5.74) is 0. The molecule has 0 amide bonds. The minimum atomic E-state index is 0.567. The molecule has 4 fully saturated rings. The zero-order valence-electron chi connectivity index (χ0n) is 18.6. The maximum atomic E-state index is 4.38. The van der Waals surface area contributed by atoms with Crippen molar-refractivity contribution in [1.82, 2.24) is 0 Å². The molecule has 4 aliphatic rings. The van der Waals surface area contributed by atoms with Crippen LogP contribution in [0, 0.1) is 5.92 Å². The number of hydrogen-bond donors (Lipinski definition) is 3. The minimum absolute atomic E-state index is 0.567. The normalized spacial score (nSPS) is 34.0. The molecule has 4 aliphatic carbocycles. The van der Waals surface area contributed by atoms with E-state index in [4.69, 9.17) is 0 Å². The fraction of sp³-hybridized carbons (Fsp3) is 1.00. The van der Waals surface area contributed by atoms with Gasteiger partial charge in [-0.25, -0.2) is 0 Å². The second-order valence-corrected chi connectivity index (χ2v) is 18.8. The Hall–Kier alpha value is 3.15. The van der Waals surface area contributed by atoms with Gasteiger partial charge in [-0.1, -0.05) is 0 Å².